The van der Waals surface area contributed by atoms with Crippen molar-refractivity contribution in [3.05, 3.63) is 27.2 Å². The minimum absolute atomic E-state index is 0.184. The van der Waals surface area contributed by atoms with E-state index < -0.39 is 0 Å². The van der Waals surface area contributed by atoms with Crippen LogP contribution in [0.25, 0.3) is 0 Å². The number of aryl methyl sites for hydroxylation is 1. The zero-order valence-electron chi connectivity index (χ0n) is 10.1. The summed E-state index contributed by atoms with van der Waals surface area (Å²) in [5.41, 5.74) is 4.06. The van der Waals surface area contributed by atoms with E-state index in [0.717, 1.165) is 10.0 Å². The maximum atomic E-state index is 12.0. The predicted octanol–water partition coefficient (Wildman–Crippen LogP) is 2.62. The van der Waals surface area contributed by atoms with Crippen LogP contribution in [0.4, 0.5) is 5.69 Å². The lowest BCUT2D eigenvalue weighted by Gasteiger charge is -2.13. The second kappa shape index (κ2) is 5.71. The summed E-state index contributed by atoms with van der Waals surface area (Å²) in [6.45, 7) is 1.87. The van der Waals surface area contributed by atoms with Crippen LogP contribution in [0, 0.1) is 6.92 Å². The van der Waals surface area contributed by atoms with Crippen LogP contribution in [0.15, 0.2) is 21.7 Å². The van der Waals surface area contributed by atoms with Gasteiger partial charge in [0.15, 0.2) is 0 Å². The molecule has 100 valence electrons. The topological polar surface area (TPSA) is 70.6 Å². The van der Waals surface area contributed by atoms with Gasteiger partial charge in [0.2, 0.25) is 5.91 Å². The normalized spacial score (nSPS) is 14.7. The number of amides is 2. The van der Waals surface area contributed by atoms with E-state index in [1.54, 1.807) is 6.07 Å². The first-order valence-corrected chi connectivity index (χ1v) is 6.77. The molecule has 2 rings (SSSR count). The van der Waals surface area contributed by atoms with Crippen molar-refractivity contribution in [1.82, 2.24) is 5.43 Å². The number of benzene rings is 1. The van der Waals surface area contributed by atoms with Crippen molar-refractivity contribution in [2.45, 2.75) is 19.8 Å². The number of nitrogens with one attached hydrogen (secondary N) is 2. The van der Waals surface area contributed by atoms with Gasteiger partial charge >= 0.3 is 0 Å². The van der Waals surface area contributed by atoms with Crippen LogP contribution in [0.1, 0.15) is 18.4 Å². The molecule has 0 saturated carbocycles. The van der Waals surface area contributed by atoms with Crippen LogP contribution < -0.4 is 10.7 Å². The maximum Gasteiger partial charge on any atom is 0.271 e. The number of carbonyl (C=O) groups excluding carboxylic acids is 2. The first-order chi connectivity index (χ1) is 8.97. The Morgan fingerprint density at radius 1 is 1.47 bits per heavy atom. The zero-order chi connectivity index (χ0) is 14.0. The molecule has 2 amide bonds. The van der Waals surface area contributed by atoms with Gasteiger partial charge in [-0.2, -0.15) is 5.10 Å². The quantitative estimate of drug-likeness (QED) is 0.866. The molecule has 0 aromatic heterocycles. The lowest BCUT2D eigenvalue weighted by molar-refractivity contribution is -0.121. The molecule has 1 aromatic carbocycles. The van der Waals surface area contributed by atoms with Crippen LogP contribution in [-0.4, -0.2) is 17.5 Å². The highest BCUT2D eigenvalue weighted by atomic mass is 79.9. The summed E-state index contributed by atoms with van der Waals surface area (Å²) in [5, 5.41) is 7.01. The van der Waals surface area contributed by atoms with Gasteiger partial charge < -0.3 is 5.32 Å². The number of carbonyl (C=O) groups is 2. The summed E-state index contributed by atoms with van der Waals surface area (Å²) in [5.74, 6) is -0.531. The second-order valence-electron chi connectivity index (χ2n) is 4.13. The molecule has 1 aliphatic heterocycles. The van der Waals surface area contributed by atoms with Crippen molar-refractivity contribution >= 4 is 50.7 Å². The third kappa shape index (κ3) is 3.33. The summed E-state index contributed by atoms with van der Waals surface area (Å²) in [4.78, 5) is 22.9. The predicted molar refractivity (Wildman–Crippen MR) is 77.3 cm³/mol. The number of rotatable bonds is 2. The lowest BCUT2D eigenvalue weighted by Crippen LogP contribution is -2.32. The summed E-state index contributed by atoms with van der Waals surface area (Å²) in [6, 6.07) is 3.49. The molecular formula is C12H11BrClN3O2. The summed E-state index contributed by atoms with van der Waals surface area (Å²) in [6.07, 6.45) is 0.594. The molecule has 0 aliphatic carbocycles. The van der Waals surface area contributed by atoms with E-state index in [0.29, 0.717) is 22.8 Å². The molecule has 1 aliphatic rings. The van der Waals surface area contributed by atoms with Crippen molar-refractivity contribution in [1.29, 1.82) is 0 Å². The van der Waals surface area contributed by atoms with Gasteiger partial charge in [-0.05, 0) is 40.5 Å². The van der Waals surface area contributed by atoms with Gasteiger partial charge in [0.25, 0.3) is 5.91 Å². The Labute approximate surface area is 123 Å². The van der Waals surface area contributed by atoms with E-state index in [-0.39, 0.29) is 18.2 Å². The van der Waals surface area contributed by atoms with Crippen molar-refractivity contribution < 1.29 is 9.59 Å². The summed E-state index contributed by atoms with van der Waals surface area (Å²) < 4.78 is 0.739. The molecule has 19 heavy (non-hydrogen) atoms. The SMILES string of the molecule is Cc1cc(Br)c(NC(=O)C2=NNC(=O)CC2)cc1Cl. The highest BCUT2D eigenvalue weighted by Gasteiger charge is 2.19. The molecule has 0 saturated heterocycles. The Kier molecular flexibility index (Phi) is 4.21. The molecule has 1 aromatic rings. The van der Waals surface area contributed by atoms with Crippen molar-refractivity contribution in [2.24, 2.45) is 5.10 Å². The third-order valence-electron chi connectivity index (χ3n) is 2.66. The molecule has 0 radical (unpaired) electrons. The molecular weight excluding hydrogens is 334 g/mol. The fraction of sp³-hybridized carbons (Fsp3) is 0.250. The van der Waals surface area contributed by atoms with Crippen LogP contribution in [0.3, 0.4) is 0 Å². The highest BCUT2D eigenvalue weighted by molar-refractivity contribution is 9.10. The first-order valence-electron chi connectivity index (χ1n) is 5.60. The van der Waals surface area contributed by atoms with E-state index in [1.165, 1.54) is 0 Å². The average molecular weight is 345 g/mol. The summed E-state index contributed by atoms with van der Waals surface area (Å²) >= 11 is 9.38. The standard InChI is InChI=1S/C12H11BrClN3O2/c1-6-4-7(13)10(5-8(6)14)15-12(19)9-2-3-11(18)17-16-9/h4-5H,2-3H2,1H3,(H,15,19)(H,17,18). The molecule has 5 nitrogen and oxygen atoms in total. The second-order valence-corrected chi connectivity index (χ2v) is 5.39. The Balaban J connectivity index is 2.15. The molecule has 0 fully saturated rings. The van der Waals surface area contributed by atoms with E-state index in [9.17, 15) is 9.59 Å². The highest BCUT2D eigenvalue weighted by Crippen LogP contribution is 2.29. The van der Waals surface area contributed by atoms with Crippen LogP contribution in [0.5, 0.6) is 0 Å². The van der Waals surface area contributed by atoms with Crippen molar-refractivity contribution in [3.63, 3.8) is 0 Å². The van der Waals surface area contributed by atoms with Crippen LogP contribution in [0.2, 0.25) is 5.02 Å². The smallest absolute Gasteiger partial charge is 0.271 e. The monoisotopic (exact) mass is 343 g/mol. The molecule has 0 spiro atoms. The number of halogens is 2. The Morgan fingerprint density at radius 2 is 2.21 bits per heavy atom. The van der Waals surface area contributed by atoms with Crippen LogP contribution >= 0.6 is 27.5 Å². The largest absolute Gasteiger partial charge is 0.320 e. The molecule has 0 unspecified atom stereocenters. The zero-order valence-corrected chi connectivity index (χ0v) is 12.4. The number of hydrogen-bond acceptors (Lipinski definition) is 3. The third-order valence-corrected chi connectivity index (χ3v) is 3.73. The minimum atomic E-state index is -0.347. The van der Waals surface area contributed by atoms with Gasteiger partial charge in [0.1, 0.15) is 5.71 Å². The minimum Gasteiger partial charge on any atom is -0.320 e. The maximum absolute atomic E-state index is 12.0. The fourth-order valence-electron chi connectivity index (χ4n) is 1.57. The Bertz CT molecular complexity index is 587. The average Bonchev–Trinajstić information content (AvgIpc) is 2.36. The van der Waals surface area contributed by atoms with Crippen molar-refractivity contribution in [3.8, 4) is 0 Å². The van der Waals surface area contributed by atoms with Gasteiger partial charge in [-0.25, -0.2) is 5.43 Å². The van der Waals surface area contributed by atoms with Gasteiger partial charge in [-0.1, -0.05) is 11.6 Å². The van der Waals surface area contributed by atoms with Gasteiger partial charge in [-0.3, -0.25) is 9.59 Å². The van der Waals surface area contributed by atoms with E-state index in [2.05, 4.69) is 31.8 Å². The fourth-order valence-corrected chi connectivity index (χ4v) is 2.30. The number of hydrazone groups is 1. The van der Waals surface area contributed by atoms with E-state index in [1.807, 2.05) is 13.0 Å². The first kappa shape index (κ1) is 14.0. The van der Waals surface area contributed by atoms with Gasteiger partial charge in [-0.15, -0.1) is 0 Å². The molecule has 1 heterocycles. The summed E-state index contributed by atoms with van der Waals surface area (Å²) in [7, 11) is 0. The van der Waals surface area contributed by atoms with Crippen molar-refractivity contribution in [2.75, 3.05) is 5.32 Å². The van der Waals surface area contributed by atoms with E-state index >= 15 is 0 Å². The molecule has 0 bridgehead atoms. The molecule has 0 atom stereocenters. The Hall–Kier alpha value is -1.40. The molecule has 7 heteroatoms. The molecule has 2 N–H and O–H groups in total. The lowest BCUT2D eigenvalue weighted by atomic mass is 10.1. The number of nitrogens with zero attached hydrogens (tertiary/aromatic N) is 1. The van der Waals surface area contributed by atoms with Gasteiger partial charge in [0, 0.05) is 22.3 Å². The van der Waals surface area contributed by atoms with Crippen LogP contribution in [-0.2, 0) is 9.59 Å². The van der Waals surface area contributed by atoms with Gasteiger partial charge in [0.05, 0.1) is 5.69 Å². The Morgan fingerprint density at radius 3 is 2.84 bits per heavy atom. The number of hydrogen-bond donors (Lipinski definition) is 2. The van der Waals surface area contributed by atoms with E-state index in [4.69, 9.17) is 11.6 Å². The number of anilines is 1.